The first kappa shape index (κ1) is 19.7. The number of hydrogen-bond acceptors (Lipinski definition) is 6. The molecule has 0 aliphatic rings. The first-order valence-corrected chi connectivity index (χ1v) is 10.1. The highest BCUT2D eigenvalue weighted by molar-refractivity contribution is 9.10. The fraction of sp³-hybridized carbons (Fsp3) is 0.0870. The quantitative estimate of drug-likeness (QED) is 0.360. The Morgan fingerprint density at radius 2 is 1.80 bits per heavy atom. The van der Waals surface area contributed by atoms with E-state index in [9.17, 15) is 0 Å². The lowest BCUT2D eigenvalue weighted by molar-refractivity contribution is 0.326. The van der Waals surface area contributed by atoms with Gasteiger partial charge in [-0.1, -0.05) is 40.2 Å². The van der Waals surface area contributed by atoms with E-state index in [0.29, 0.717) is 18.8 Å². The van der Waals surface area contributed by atoms with Crippen molar-refractivity contribution in [3.8, 4) is 22.9 Å². The number of nitrogens with two attached hydrogens (primary N) is 1. The summed E-state index contributed by atoms with van der Waals surface area (Å²) in [5.74, 6) is 1.60. The lowest BCUT2D eigenvalue weighted by Crippen LogP contribution is -2.01. The van der Waals surface area contributed by atoms with Crippen molar-refractivity contribution in [1.82, 2.24) is 9.97 Å². The van der Waals surface area contributed by atoms with Gasteiger partial charge in [0.1, 0.15) is 18.2 Å². The number of hydrogen-bond donors (Lipinski definition) is 2. The van der Waals surface area contributed by atoms with Gasteiger partial charge in [-0.05, 0) is 53.6 Å². The van der Waals surface area contributed by atoms with Gasteiger partial charge in [-0.2, -0.15) is 10.2 Å². The molecule has 0 saturated heterocycles. The van der Waals surface area contributed by atoms with Crippen molar-refractivity contribution in [2.45, 2.75) is 6.42 Å². The van der Waals surface area contributed by atoms with Crippen LogP contribution >= 0.6 is 15.9 Å². The Hall–Kier alpha value is -3.63. The fourth-order valence-corrected chi connectivity index (χ4v) is 3.48. The Kier molecular flexibility index (Phi) is 5.77. The Bertz CT molecular complexity index is 1230. The zero-order chi connectivity index (χ0) is 20.9. The third-order valence-corrected chi connectivity index (χ3v) is 4.96. The predicted octanol–water partition coefficient (Wildman–Crippen LogP) is 5.68. The minimum absolute atomic E-state index is 0.214. The van der Waals surface area contributed by atoms with Crippen LogP contribution in [0.15, 0.2) is 71.2 Å². The summed E-state index contributed by atoms with van der Waals surface area (Å²) in [7, 11) is 0. The first-order valence-electron chi connectivity index (χ1n) is 9.32. The lowest BCUT2D eigenvalue weighted by Gasteiger charge is -2.12. The number of nitrogens with zero attached hydrogens (tertiary/aromatic N) is 3. The van der Waals surface area contributed by atoms with Crippen molar-refractivity contribution in [3.05, 3.63) is 71.2 Å². The van der Waals surface area contributed by atoms with Gasteiger partial charge in [-0.3, -0.25) is 0 Å². The largest absolute Gasteiger partial charge is 0.493 e. The summed E-state index contributed by atoms with van der Waals surface area (Å²) in [6, 6.07) is 23.7. The number of rotatable bonds is 6. The number of halogens is 1. The van der Waals surface area contributed by atoms with Crippen molar-refractivity contribution >= 4 is 44.3 Å². The van der Waals surface area contributed by atoms with Gasteiger partial charge in [0.25, 0.3) is 0 Å². The van der Waals surface area contributed by atoms with Crippen LogP contribution in [0.3, 0.4) is 0 Å². The summed E-state index contributed by atoms with van der Waals surface area (Å²) in [4.78, 5) is 8.77. The molecule has 7 heteroatoms. The molecule has 0 unspecified atom stereocenters. The number of fused-ring (bicyclic) bond motifs is 1. The predicted molar refractivity (Wildman–Crippen MR) is 123 cm³/mol. The molecule has 3 N–H and O–H groups in total. The summed E-state index contributed by atoms with van der Waals surface area (Å²) in [6.07, 6.45) is 0.364. The maximum absolute atomic E-state index is 8.61. The topological polar surface area (TPSA) is 96.8 Å². The Morgan fingerprint density at radius 1 is 1.00 bits per heavy atom. The summed E-state index contributed by atoms with van der Waals surface area (Å²) in [5.41, 5.74) is 9.64. The van der Waals surface area contributed by atoms with E-state index in [4.69, 9.17) is 15.7 Å². The molecule has 0 atom stereocenters. The molecule has 0 saturated carbocycles. The van der Waals surface area contributed by atoms with Crippen LogP contribution in [0.25, 0.3) is 22.0 Å². The highest BCUT2D eigenvalue weighted by Gasteiger charge is 2.09. The zero-order valence-corrected chi connectivity index (χ0v) is 17.6. The van der Waals surface area contributed by atoms with E-state index in [1.807, 2.05) is 66.7 Å². The number of anilines is 3. The average Bonchev–Trinajstić information content (AvgIpc) is 2.74. The third kappa shape index (κ3) is 4.50. The fourth-order valence-electron chi connectivity index (χ4n) is 3.08. The summed E-state index contributed by atoms with van der Waals surface area (Å²) >= 11 is 3.48. The number of aromatic nitrogens is 2. The molecular weight excluding hydrogens is 442 g/mol. The summed E-state index contributed by atoms with van der Waals surface area (Å²) in [6.45, 7) is 0.384. The minimum atomic E-state index is 0.214. The smallest absolute Gasteiger partial charge is 0.222 e. The maximum atomic E-state index is 8.61. The molecular formula is C23H18BrN5O. The van der Waals surface area contributed by atoms with E-state index in [2.05, 4.69) is 37.3 Å². The highest BCUT2D eigenvalue weighted by Crippen LogP contribution is 2.31. The molecule has 3 aromatic carbocycles. The van der Waals surface area contributed by atoms with E-state index in [1.54, 1.807) is 0 Å². The number of nitrogens with one attached hydrogen (secondary N) is 1. The van der Waals surface area contributed by atoms with Crippen molar-refractivity contribution in [1.29, 1.82) is 5.26 Å². The second-order valence-electron chi connectivity index (χ2n) is 6.58. The standard InChI is InChI=1S/C23H18BrN5O/c24-17-3-1-4-18(14-17)27-22-20-13-16(7-10-21(20)28-23(26)29-22)15-5-8-19(9-6-15)30-12-2-11-25/h1,3-10,13-14H,2,12H2,(H3,26,27,28,29). The molecule has 0 aliphatic heterocycles. The first-order chi connectivity index (χ1) is 14.6. The van der Waals surface area contributed by atoms with Crippen LogP contribution < -0.4 is 15.8 Å². The third-order valence-electron chi connectivity index (χ3n) is 4.47. The SMILES string of the molecule is N#CCCOc1ccc(-c2ccc3nc(N)nc(Nc4cccc(Br)c4)c3c2)cc1. The average molecular weight is 460 g/mol. The van der Waals surface area contributed by atoms with Crippen molar-refractivity contribution in [3.63, 3.8) is 0 Å². The van der Waals surface area contributed by atoms with Gasteiger partial charge in [-0.25, -0.2) is 4.98 Å². The van der Waals surface area contributed by atoms with E-state index < -0.39 is 0 Å². The van der Waals surface area contributed by atoms with Crippen molar-refractivity contribution < 1.29 is 4.74 Å². The van der Waals surface area contributed by atoms with E-state index in [1.165, 1.54) is 0 Å². The second kappa shape index (κ2) is 8.80. The van der Waals surface area contributed by atoms with Gasteiger partial charge in [0.05, 0.1) is 18.0 Å². The van der Waals surface area contributed by atoms with Gasteiger partial charge in [0.15, 0.2) is 0 Å². The van der Waals surface area contributed by atoms with Crippen LogP contribution in [0, 0.1) is 11.3 Å². The highest BCUT2D eigenvalue weighted by atomic mass is 79.9. The van der Waals surface area contributed by atoms with Crippen LogP contribution in [0.4, 0.5) is 17.5 Å². The Morgan fingerprint density at radius 3 is 2.57 bits per heavy atom. The molecule has 4 rings (SSSR count). The van der Waals surface area contributed by atoms with E-state index in [0.717, 1.165) is 37.9 Å². The molecule has 0 aliphatic carbocycles. The van der Waals surface area contributed by atoms with Gasteiger partial charge in [0.2, 0.25) is 5.95 Å². The molecule has 1 aromatic heterocycles. The molecule has 148 valence electrons. The number of ether oxygens (including phenoxy) is 1. The van der Waals surface area contributed by atoms with Crippen molar-refractivity contribution in [2.24, 2.45) is 0 Å². The monoisotopic (exact) mass is 459 g/mol. The van der Waals surface area contributed by atoms with Gasteiger partial charge >= 0.3 is 0 Å². The molecule has 30 heavy (non-hydrogen) atoms. The van der Waals surface area contributed by atoms with Crippen LogP contribution in [0.5, 0.6) is 5.75 Å². The molecule has 0 amide bonds. The molecule has 0 bridgehead atoms. The second-order valence-corrected chi connectivity index (χ2v) is 7.49. The van der Waals surface area contributed by atoms with Crippen LogP contribution in [0.1, 0.15) is 6.42 Å². The van der Waals surface area contributed by atoms with Crippen LogP contribution in [0.2, 0.25) is 0 Å². The molecule has 6 nitrogen and oxygen atoms in total. The van der Waals surface area contributed by atoms with E-state index >= 15 is 0 Å². The summed E-state index contributed by atoms with van der Waals surface area (Å²) in [5, 5.41) is 12.8. The molecule has 0 spiro atoms. The van der Waals surface area contributed by atoms with E-state index in [-0.39, 0.29) is 5.95 Å². The maximum Gasteiger partial charge on any atom is 0.222 e. The van der Waals surface area contributed by atoms with Crippen LogP contribution in [-0.2, 0) is 0 Å². The zero-order valence-electron chi connectivity index (χ0n) is 16.0. The molecule has 1 heterocycles. The number of nitrogen functional groups attached to an aromatic ring is 1. The molecule has 0 fully saturated rings. The Balaban J connectivity index is 1.67. The lowest BCUT2D eigenvalue weighted by atomic mass is 10.0. The Labute approximate surface area is 182 Å². The van der Waals surface area contributed by atoms with Gasteiger partial charge < -0.3 is 15.8 Å². The summed E-state index contributed by atoms with van der Waals surface area (Å²) < 4.78 is 6.51. The van der Waals surface area contributed by atoms with Gasteiger partial charge in [0, 0.05) is 15.5 Å². The number of benzene rings is 3. The molecule has 0 radical (unpaired) electrons. The normalized spacial score (nSPS) is 10.5. The van der Waals surface area contributed by atoms with Gasteiger partial charge in [-0.15, -0.1) is 0 Å². The minimum Gasteiger partial charge on any atom is -0.493 e. The van der Waals surface area contributed by atoms with Crippen molar-refractivity contribution in [2.75, 3.05) is 17.7 Å². The van der Waals surface area contributed by atoms with Crippen LogP contribution in [-0.4, -0.2) is 16.6 Å². The number of nitriles is 1. The molecule has 4 aromatic rings.